The van der Waals surface area contributed by atoms with E-state index in [1.807, 2.05) is 32.0 Å². The van der Waals surface area contributed by atoms with Gasteiger partial charge in [-0.15, -0.1) is 11.3 Å². The van der Waals surface area contributed by atoms with Gasteiger partial charge in [0.2, 0.25) is 0 Å². The maximum absolute atomic E-state index is 11.9. The minimum atomic E-state index is -0.463. The van der Waals surface area contributed by atoms with Crippen LogP contribution in [0.5, 0.6) is 0 Å². The van der Waals surface area contributed by atoms with Crippen molar-refractivity contribution in [2.45, 2.75) is 18.9 Å². The Bertz CT molecular complexity index is 942. The quantitative estimate of drug-likeness (QED) is 0.395. The van der Waals surface area contributed by atoms with Crippen molar-refractivity contribution >= 4 is 50.9 Å². The van der Waals surface area contributed by atoms with Crippen LogP contribution in [-0.2, 0) is 14.3 Å². The highest BCUT2D eigenvalue weighted by molar-refractivity contribution is 8.00. The Labute approximate surface area is 159 Å². The molecule has 26 heavy (non-hydrogen) atoms. The number of aromatic nitrogens is 2. The van der Waals surface area contributed by atoms with E-state index in [-0.39, 0.29) is 18.3 Å². The summed E-state index contributed by atoms with van der Waals surface area (Å²) in [6.07, 6.45) is 1.50. The Balaban J connectivity index is 1.52. The molecule has 2 heterocycles. The Morgan fingerprint density at radius 1 is 1.19 bits per heavy atom. The van der Waals surface area contributed by atoms with Crippen molar-refractivity contribution in [3.63, 3.8) is 0 Å². The number of benzene rings is 1. The highest BCUT2D eigenvalue weighted by atomic mass is 32.2. The number of thioether (sulfide) groups is 1. The first kappa shape index (κ1) is 18.3. The lowest BCUT2D eigenvalue weighted by Crippen LogP contribution is -2.21. The van der Waals surface area contributed by atoms with Crippen LogP contribution < -0.4 is 5.32 Å². The second kappa shape index (κ2) is 8.29. The van der Waals surface area contributed by atoms with Crippen LogP contribution in [0, 0.1) is 13.8 Å². The molecule has 0 aliphatic heterocycles. The Morgan fingerprint density at radius 3 is 2.73 bits per heavy atom. The molecule has 0 aliphatic rings. The lowest BCUT2D eigenvalue weighted by atomic mass is 10.2. The maximum atomic E-state index is 11.9. The van der Waals surface area contributed by atoms with Gasteiger partial charge in [-0.2, -0.15) is 0 Å². The van der Waals surface area contributed by atoms with Gasteiger partial charge in [0.15, 0.2) is 6.61 Å². The topological polar surface area (TPSA) is 81.2 Å². The molecule has 0 saturated carbocycles. The van der Waals surface area contributed by atoms with Crippen molar-refractivity contribution in [2.24, 2.45) is 0 Å². The number of amides is 1. The molecule has 0 atom stereocenters. The summed E-state index contributed by atoms with van der Waals surface area (Å²) in [5.74, 6) is -0.753. The van der Waals surface area contributed by atoms with Crippen LogP contribution in [0.2, 0.25) is 0 Å². The molecule has 0 bridgehead atoms. The van der Waals surface area contributed by atoms with E-state index in [0.29, 0.717) is 5.69 Å². The standard InChI is InChI=1S/C18H17N3O3S2/c1-11-12(2)26-18-16(11)17(19-10-20-18)25-9-15(23)24-8-14(22)21-13-6-4-3-5-7-13/h3-7,10H,8-9H2,1-2H3,(H,21,22). The number of fused-ring (bicyclic) bond motifs is 1. The van der Waals surface area contributed by atoms with Crippen LogP contribution >= 0.6 is 23.1 Å². The first-order valence-corrected chi connectivity index (χ1v) is 9.69. The molecule has 8 heteroatoms. The van der Waals surface area contributed by atoms with Crippen molar-refractivity contribution in [1.82, 2.24) is 9.97 Å². The summed E-state index contributed by atoms with van der Waals surface area (Å²) in [6.45, 7) is 3.74. The van der Waals surface area contributed by atoms with Gasteiger partial charge in [-0.1, -0.05) is 30.0 Å². The average molecular weight is 387 g/mol. The molecule has 1 aromatic carbocycles. The second-order valence-corrected chi connectivity index (χ2v) is 7.67. The van der Waals surface area contributed by atoms with Gasteiger partial charge >= 0.3 is 5.97 Å². The molecule has 0 aliphatic carbocycles. The molecular formula is C18H17N3O3S2. The predicted octanol–water partition coefficient (Wildman–Crippen LogP) is 3.58. The molecule has 1 amide bonds. The third-order valence-electron chi connectivity index (χ3n) is 3.68. The van der Waals surface area contributed by atoms with E-state index in [0.717, 1.165) is 20.8 Å². The summed E-state index contributed by atoms with van der Waals surface area (Å²) < 4.78 is 5.03. The number of rotatable bonds is 6. The Kier molecular flexibility index (Phi) is 5.85. The zero-order chi connectivity index (χ0) is 18.5. The number of esters is 1. The molecule has 3 rings (SSSR count). The number of hydrogen-bond donors (Lipinski definition) is 1. The molecular weight excluding hydrogens is 370 g/mol. The summed E-state index contributed by atoms with van der Waals surface area (Å²) in [5, 5.41) is 4.40. The van der Waals surface area contributed by atoms with Crippen molar-refractivity contribution in [3.8, 4) is 0 Å². The molecule has 0 fully saturated rings. The van der Waals surface area contributed by atoms with Crippen molar-refractivity contribution < 1.29 is 14.3 Å². The van der Waals surface area contributed by atoms with Gasteiger partial charge in [-0.3, -0.25) is 9.59 Å². The minimum absolute atomic E-state index is 0.0824. The summed E-state index contributed by atoms with van der Waals surface area (Å²) in [5.41, 5.74) is 1.79. The number of carbonyl (C=O) groups is 2. The zero-order valence-corrected chi connectivity index (χ0v) is 15.9. The van der Waals surface area contributed by atoms with Gasteiger partial charge < -0.3 is 10.1 Å². The lowest BCUT2D eigenvalue weighted by molar-refractivity contribution is -0.144. The number of anilines is 1. The van der Waals surface area contributed by atoms with Crippen LogP contribution in [0.4, 0.5) is 5.69 Å². The molecule has 0 spiro atoms. The molecule has 2 aromatic heterocycles. The van der Waals surface area contributed by atoms with E-state index >= 15 is 0 Å². The highest BCUT2D eigenvalue weighted by Crippen LogP contribution is 2.34. The highest BCUT2D eigenvalue weighted by Gasteiger charge is 2.14. The SMILES string of the molecule is Cc1sc2ncnc(SCC(=O)OCC(=O)Nc3ccccc3)c2c1C. The van der Waals surface area contributed by atoms with Gasteiger partial charge in [-0.25, -0.2) is 9.97 Å². The molecule has 0 saturated heterocycles. The molecule has 6 nitrogen and oxygen atoms in total. The van der Waals surface area contributed by atoms with Gasteiger partial charge in [-0.05, 0) is 31.5 Å². The first-order chi connectivity index (χ1) is 12.5. The number of ether oxygens (including phenoxy) is 1. The number of thiophene rings is 1. The van der Waals surface area contributed by atoms with Crippen LogP contribution in [0.1, 0.15) is 10.4 Å². The molecule has 0 radical (unpaired) electrons. The number of nitrogens with zero attached hydrogens (tertiary/aromatic N) is 2. The zero-order valence-electron chi connectivity index (χ0n) is 14.3. The van der Waals surface area contributed by atoms with Gasteiger partial charge in [0.1, 0.15) is 16.2 Å². The van der Waals surface area contributed by atoms with E-state index in [4.69, 9.17) is 4.74 Å². The number of para-hydroxylation sites is 1. The van der Waals surface area contributed by atoms with E-state index in [9.17, 15) is 9.59 Å². The van der Waals surface area contributed by atoms with Crippen LogP contribution in [0.3, 0.4) is 0 Å². The van der Waals surface area contributed by atoms with Gasteiger partial charge in [0.25, 0.3) is 5.91 Å². The molecule has 3 aromatic rings. The Morgan fingerprint density at radius 2 is 1.96 bits per heavy atom. The predicted molar refractivity (Wildman–Crippen MR) is 104 cm³/mol. The summed E-state index contributed by atoms with van der Waals surface area (Å²) in [6, 6.07) is 9.01. The fraction of sp³-hybridized carbons (Fsp3) is 0.222. The smallest absolute Gasteiger partial charge is 0.316 e. The molecule has 0 unspecified atom stereocenters. The van der Waals surface area contributed by atoms with Crippen LogP contribution in [-0.4, -0.2) is 34.2 Å². The number of carbonyl (C=O) groups excluding carboxylic acids is 2. The fourth-order valence-electron chi connectivity index (χ4n) is 2.29. The monoisotopic (exact) mass is 387 g/mol. The number of hydrogen-bond acceptors (Lipinski definition) is 7. The second-order valence-electron chi connectivity index (χ2n) is 5.51. The average Bonchev–Trinajstić information content (AvgIpc) is 2.94. The summed E-state index contributed by atoms with van der Waals surface area (Å²) >= 11 is 2.90. The van der Waals surface area contributed by atoms with E-state index < -0.39 is 5.97 Å². The van der Waals surface area contributed by atoms with Crippen molar-refractivity contribution in [3.05, 3.63) is 47.1 Å². The summed E-state index contributed by atoms with van der Waals surface area (Å²) in [7, 11) is 0. The van der Waals surface area contributed by atoms with E-state index in [2.05, 4.69) is 15.3 Å². The van der Waals surface area contributed by atoms with E-state index in [1.165, 1.54) is 23.0 Å². The normalized spacial score (nSPS) is 10.7. The summed E-state index contributed by atoms with van der Waals surface area (Å²) in [4.78, 5) is 34.4. The maximum Gasteiger partial charge on any atom is 0.316 e. The number of nitrogens with one attached hydrogen (secondary N) is 1. The lowest BCUT2D eigenvalue weighted by Gasteiger charge is -2.07. The van der Waals surface area contributed by atoms with Gasteiger partial charge in [0.05, 0.1) is 5.75 Å². The Hall–Kier alpha value is -2.45. The fourth-order valence-corrected chi connectivity index (χ4v) is 4.21. The van der Waals surface area contributed by atoms with Crippen molar-refractivity contribution in [2.75, 3.05) is 17.7 Å². The minimum Gasteiger partial charge on any atom is -0.455 e. The third-order valence-corrected chi connectivity index (χ3v) is 5.76. The molecule has 1 N–H and O–H groups in total. The largest absolute Gasteiger partial charge is 0.455 e. The third kappa shape index (κ3) is 4.39. The molecule has 134 valence electrons. The van der Waals surface area contributed by atoms with Crippen LogP contribution in [0.15, 0.2) is 41.7 Å². The van der Waals surface area contributed by atoms with E-state index in [1.54, 1.807) is 23.5 Å². The van der Waals surface area contributed by atoms with Crippen LogP contribution in [0.25, 0.3) is 10.2 Å². The number of aryl methyl sites for hydroxylation is 2. The van der Waals surface area contributed by atoms with Crippen molar-refractivity contribution in [1.29, 1.82) is 0 Å². The first-order valence-electron chi connectivity index (χ1n) is 7.88. The van der Waals surface area contributed by atoms with Gasteiger partial charge in [0, 0.05) is 16.0 Å².